The van der Waals surface area contributed by atoms with Crippen LogP contribution in [0.15, 0.2) is 53.3 Å². The number of nitrogens with zero attached hydrogens (tertiary/aromatic N) is 3. The van der Waals surface area contributed by atoms with Crippen molar-refractivity contribution in [3.63, 3.8) is 0 Å². The summed E-state index contributed by atoms with van der Waals surface area (Å²) in [5.41, 5.74) is 3.06. The lowest BCUT2D eigenvalue weighted by molar-refractivity contribution is 0.415. The Morgan fingerprint density at radius 3 is 2.29 bits per heavy atom. The van der Waals surface area contributed by atoms with Crippen LogP contribution in [0.1, 0.15) is 31.9 Å². The maximum atomic E-state index is 12.7. The minimum absolute atomic E-state index is 0.105. The van der Waals surface area contributed by atoms with Gasteiger partial charge in [0.2, 0.25) is 4.96 Å². The van der Waals surface area contributed by atoms with Crippen molar-refractivity contribution in [1.29, 1.82) is 0 Å². The highest BCUT2D eigenvalue weighted by Crippen LogP contribution is 2.22. The van der Waals surface area contributed by atoms with Crippen LogP contribution in [0.5, 0.6) is 5.75 Å². The van der Waals surface area contributed by atoms with E-state index in [9.17, 15) is 4.79 Å². The molecule has 6 heteroatoms. The van der Waals surface area contributed by atoms with E-state index in [4.69, 9.17) is 4.74 Å². The van der Waals surface area contributed by atoms with Crippen molar-refractivity contribution in [3.8, 4) is 17.1 Å². The molecular weight excluding hydrogens is 370 g/mol. The molecule has 4 aromatic rings. The molecule has 0 saturated carbocycles. The van der Waals surface area contributed by atoms with Crippen LogP contribution in [0.3, 0.4) is 0 Å². The Morgan fingerprint density at radius 2 is 1.71 bits per heavy atom. The summed E-state index contributed by atoms with van der Waals surface area (Å²) in [6, 6.07) is 15.8. The first kappa shape index (κ1) is 18.4. The second-order valence-electron chi connectivity index (χ2n) is 7.65. The van der Waals surface area contributed by atoms with E-state index in [1.165, 1.54) is 21.4 Å². The number of benzene rings is 2. The zero-order chi connectivity index (χ0) is 19.9. The first-order valence-electron chi connectivity index (χ1n) is 9.01. The van der Waals surface area contributed by atoms with Gasteiger partial charge in [-0.3, -0.25) is 4.79 Å². The molecule has 142 valence electrons. The summed E-state index contributed by atoms with van der Waals surface area (Å²) in [7, 11) is 1.62. The Balaban J connectivity index is 1.69. The van der Waals surface area contributed by atoms with Crippen LogP contribution in [0.25, 0.3) is 22.4 Å². The van der Waals surface area contributed by atoms with E-state index < -0.39 is 0 Å². The highest BCUT2D eigenvalue weighted by molar-refractivity contribution is 7.15. The van der Waals surface area contributed by atoms with E-state index >= 15 is 0 Å². The first-order valence-corrected chi connectivity index (χ1v) is 9.83. The summed E-state index contributed by atoms with van der Waals surface area (Å²) in [5, 5.41) is 4.39. The smallest absolute Gasteiger partial charge is 0.291 e. The molecule has 0 spiro atoms. The van der Waals surface area contributed by atoms with Gasteiger partial charge in [-0.1, -0.05) is 56.4 Å². The van der Waals surface area contributed by atoms with Crippen LogP contribution >= 0.6 is 11.3 Å². The normalized spacial score (nSPS) is 12.6. The van der Waals surface area contributed by atoms with Gasteiger partial charge in [-0.05, 0) is 46.9 Å². The average molecular weight is 391 g/mol. The standard InChI is InChI=1S/C22H21N3O2S/c1-22(2,3)16-9-5-14(6-10-16)13-18-20(26)25-21(28-18)23-19(24-25)15-7-11-17(27-4)12-8-15/h5-13H,1-4H3/b18-13-. The monoisotopic (exact) mass is 391 g/mol. The lowest BCUT2D eigenvalue weighted by Gasteiger charge is -2.18. The maximum absolute atomic E-state index is 12.7. The topological polar surface area (TPSA) is 56.5 Å². The molecule has 0 unspecified atom stereocenters. The second kappa shape index (κ2) is 6.87. The summed E-state index contributed by atoms with van der Waals surface area (Å²) in [5.74, 6) is 1.30. The third kappa shape index (κ3) is 3.43. The molecule has 2 aromatic carbocycles. The van der Waals surface area contributed by atoms with Gasteiger partial charge in [0.15, 0.2) is 5.82 Å². The van der Waals surface area contributed by atoms with Crippen LogP contribution in [0.2, 0.25) is 0 Å². The SMILES string of the molecule is COc1ccc(-c2nc3s/c(=C\c4ccc(C(C)(C)C)cc4)c(=O)n3n2)cc1. The number of rotatable bonds is 3. The molecule has 0 radical (unpaired) electrons. The van der Waals surface area contributed by atoms with Gasteiger partial charge >= 0.3 is 0 Å². The number of fused-ring (bicyclic) bond motifs is 1. The Labute approximate surface area is 166 Å². The van der Waals surface area contributed by atoms with Crippen molar-refractivity contribution < 1.29 is 4.74 Å². The van der Waals surface area contributed by atoms with Crippen LogP contribution in [-0.2, 0) is 5.41 Å². The average Bonchev–Trinajstić information content (AvgIpc) is 3.21. The van der Waals surface area contributed by atoms with E-state index in [1.54, 1.807) is 7.11 Å². The highest BCUT2D eigenvalue weighted by atomic mass is 32.1. The predicted octanol–water partition coefficient (Wildman–Crippen LogP) is 3.67. The third-order valence-corrected chi connectivity index (χ3v) is 5.56. The van der Waals surface area contributed by atoms with Crippen molar-refractivity contribution in [2.24, 2.45) is 0 Å². The number of methoxy groups -OCH3 is 1. The van der Waals surface area contributed by atoms with E-state index in [2.05, 4.69) is 43.0 Å². The number of ether oxygens (including phenoxy) is 1. The van der Waals surface area contributed by atoms with E-state index in [1.807, 2.05) is 42.5 Å². The molecule has 0 aliphatic rings. The molecule has 0 fully saturated rings. The molecule has 5 nitrogen and oxygen atoms in total. The van der Waals surface area contributed by atoms with Gasteiger partial charge < -0.3 is 4.74 Å². The molecule has 0 N–H and O–H groups in total. The van der Waals surface area contributed by atoms with Crippen LogP contribution in [0.4, 0.5) is 0 Å². The summed E-state index contributed by atoms with van der Waals surface area (Å²) in [4.78, 5) is 17.8. The lowest BCUT2D eigenvalue weighted by Crippen LogP contribution is -2.23. The van der Waals surface area contributed by atoms with Crippen molar-refractivity contribution >= 4 is 22.4 Å². The van der Waals surface area contributed by atoms with Gasteiger partial charge in [-0.2, -0.15) is 9.50 Å². The molecule has 0 atom stereocenters. The fraction of sp³-hybridized carbons (Fsp3) is 0.227. The van der Waals surface area contributed by atoms with Crippen molar-refractivity contribution in [1.82, 2.24) is 14.6 Å². The molecular formula is C22H21N3O2S. The lowest BCUT2D eigenvalue weighted by atomic mass is 9.87. The van der Waals surface area contributed by atoms with Gasteiger partial charge in [0.1, 0.15) is 5.75 Å². The quantitative estimate of drug-likeness (QED) is 0.535. The summed E-state index contributed by atoms with van der Waals surface area (Å²) in [6.07, 6.45) is 1.89. The maximum Gasteiger partial charge on any atom is 0.291 e. The molecule has 0 aliphatic carbocycles. The zero-order valence-corrected chi connectivity index (χ0v) is 17.1. The molecule has 0 amide bonds. The molecule has 4 rings (SSSR count). The third-order valence-electron chi connectivity index (χ3n) is 4.60. The summed E-state index contributed by atoms with van der Waals surface area (Å²) in [6.45, 7) is 6.55. The number of hydrogen-bond acceptors (Lipinski definition) is 5. The van der Waals surface area contributed by atoms with Gasteiger partial charge in [-0.25, -0.2) is 0 Å². The Bertz CT molecular complexity index is 1230. The number of hydrogen-bond donors (Lipinski definition) is 0. The summed E-state index contributed by atoms with van der Waals surface area (Å²) < 4.78 is 7.17. The number of aromatic nitrogens is 3. The molecule has 0 bridgehead atoms. The van der Waals surface area contributed by atoms with Crippen LogP contribution in [-0.4, -0.2) is 21.7 Å². The molecule has 28 heavy (non-hydrogen) atoms. The second-order valence-corrected chi connectivity index (χ2v) is 8.66. The largest absolute Gasteiger partial charge is 0.497 e. The number of thiazole rings is 1. The van der Waals surface area contributed by atoms with E-state index in [0.717, 1.165) is 16.9 Å². The van der Waals surface area contributed by atoms with Crippen LogP contribution < -0.4 is 14.8 Å². The van der Waals surface area contributed by atoms with Gasteiger partial charge in [0.25, 0.3) is 5.56 Å². The fourth-order valence-electron chi connectivity index (χ4n) is 2.93. The van der Waals surface area contributed by atoms with Crippen LogP contribution in [0, 0.1) is 0 Å². The Morgan fingerprint density at radius 1 is 1.04 bits per heavy atom. The fourth-order valence-corrected chi connectivity index (χ4v) is 3.83. The zero-order valence-electron chi connectivity index (χ0n) is 16.3. The summed E-state index contributed by atoms with van der Waals surface area (Å²) >= 11 is 1.35. The van der Waals surface area contributed by atoms with E-state index in [-0.39, 0.29) is 11.0 Å². The Kier molecular flexibility index (Phi) is 4.51. The Hall–Kier alpha value is -2.99. The molecule has 0 saturated heterocycles. The van der Waals surface area contributed by atoms with Crippen molar-refractivity contribution in [3.05, 3.63) is 74.5 Å². The molecule has 2 aromatic heterocycles. The first-order chi connectivity index (χ1) is 13.3. The van der Waals surface area contributed by atoms with Gasteiger partial charge in [0.05, 0.1) is 11.6 Å². The van der Waals surface area contributed by atoms with E-state index in [0.29, 0.717) is 15.3 Å². The van der Waals surface area contributed by atoms with Crippen molar-refractivity contribution in [2.75, 3.05) is 7.11 Å². The van der Waals surface area contributed by atoms with Crippen molar-refractivity contribution in [2.45, 2.75) is 26.2 Å². The van der Waals surface area contributed by atoms with Gasteiger partial charge in [0, 0.05) is 5.56 Å². The minimum Gasteiger partial charge on any atom is -0.497 e. The molecule has 0 aliphatic heterocycles. The predicted molar refractivity (Wildman–Crippen MR) is 113 cm³/mol. The highest BCUT2D eigenvalue weighted by Gasteiger charge is 2.14. The minimum atomic E-state index is -0.146. The van der Waals surface area contributed by atoms with Gasteiger partial charge in [-0.15, -0.1) is 5.10 Å². The molecule has 2 heterocycles.